The summed E-state index contributed by atoms with van der Waals surface area (Å²) in [5, 5.41) is 0. The number of aromatic nitrogens is 2. The Morgan fingerprint density at radius 1 is 0.833 bits per heavy atom. The molecule has 0 radical (unpaired) electrons. The van der Waals surface area contributed by atoms with Crippen molar-refractivity contribution in [2.75, 3.05) is 0 Å². The van der Waals surface area contributed by atoms with E-state index in [9.17, 15) is 9.18 Å². The van der Waals surface area contributed by atoms with Gasteiger partial charge < -0.3 is 0 Å². The number of fused-ring (bicyclic) bond motifs is 1. The molecule has 0 atom stereocenters. The van der Waals surface area contributed by atoms with Crippen molar-refractivity contribution in [3.05, 3.63) is 90.2 Å². The summed E-state index contributed by atoms with van der Waals surface area (Å²) in [7, 11) is 0. The Labute approximate surface area is 138 Å². The van der Waals surface area contributed by atoms with Crippen molar-refractivity contribution >= 4 is 16.9 Å². The largest absolute Gasteiger partial charge is 0.268 e. The molecule has 1 aromatic heterocycles. The molecule has 0 saturated carbocycles. The zero-order valence-electron chi connectivity index (χ0n) is 12.7. The van der Waals surface area contributed by atoms with Crippen LogP contribution in [0.5, 0.6) is 0 Å². The van der Waals surface area contributed by atoms with Crippen LogP contribution in [0.1, 0.15) is 10.4 Å². The maximum Gasteiger partial charge on any atom is 0.264 e. The van der Waals surface area contributed by atoms with Crippen LogP contribution >= 0.6 is 0 Å². The van der Waals surface area contributed by atoms with Crippen molar-refractivity contribution in [1.82, 2.24) is 9.55 Å². The van der Waals surface area contributed by atoms with Crippen LogP contribution < -0.4 is 0 Å². The number of rotatable bonds is 2. The van der Waals surface area contributed by atoms with Crippen molar-refractivity contribution in [1.29, 1.82) is 0 Å². The number of benzene rings is 3. The third kappa shape index (κ3) is 2.38. The van der Waals surface area contributed by atoms with E-state index in [2.05, 4.69) is 4.98 Å². The summed E-state index contributed by atoms with van der Waals surface area (Å²) in [5.74, 6) is 0.0180. The van der Waals surface area contributed by atoms with Crippen molar-refractivity contribution in [2.24, 2.45) is 0 Å². The smallest absolute Gasteiger partial charge is 0.264 e. The fraction of sp³-hybridized carbons (Fsp3) is 0. The molecule has 4 rings (SSSR count). The van der Waals surface area contributed by atoms with Crippen LogP contribution in [0.15, 0.2) is 78.9 Å². The number of imidazole rings is 1. The quantitative estimate of drug-likeness (QED) is 0.544. The van der Waals surface area contributed by atoms with E-state index in [4.69, 9.17) is 0 Å². The van der Waals surface area contributed by atoms with E-state index in [1.165, 1.54) is 12.1 Å². The van der Waals surface area contributed by atoms with E-state index in [0.717, 1.165) is 11.0 Å². The fourth-order valence-corrected chi connectivity index (χ4v) is 2.73. The van der Waals surface area contributed by atoms with E-state index in [1.54, 1.807) is 28.8 Å². The molecule has 0 saturated heterocycles. The molecule has 0 spiro atoms. The van der Waals surface area contributed by atoms with Crippen LogP contribution in [-0.2, 0) is 0 Å². The highest BCUT2D eigenvalue weighted by atomic mass is 19.1. The topological polar surface area (TPSA) is 34.9 Å². The summed E-state index contributed by atoms with van der Waals surface area (Å²) >= 11 is 0. The summed E-state index contributed by atoms with van der Waals surface area (Å²) in [6.07, 6.45) is 0. The zero-order chi connectivity index (χ0) is 16.5. The summed E-state index contributed by atoms with van der Waals surface area (Å²) < 4.78 is 14.8. The van der Waals surface area contributed by atoms with Gasteiger partial charge in [-0.3, -0.25) is 9.36 Å². The Hall–Kier alpha value is -3.27. The molecule has 3 aromatic carbocycles. The lowest BCUT2D eigenvalue weighted by atomic mass is 10.2. The highest BCUT2D eigenvalue weighted by molar-refractivity contribution is 6.04. The predicted molar refractivity (Wildman–Crippen MR) is 91.3 cm³/mol. The first-order valence-electron chi connectivity index (χ1n) is 7.57. The molecule has 0 aliphatic carbocycles. The first-order chi connectivity index (χ1) is 11.7. The van der Waals surface area contributed by atoms with Crippen LogP contribution in [0.3, 0.4) is 0 Å². The van der Waals surface area contributed by atoms with E-state index < -0.39 is 0 Å². The standard InChI is InChI=1S/C20H13FN2O/c21-16-12-10-14(11-13-16)19-22-17-8-4-5-9-18(17)23(19)20(24)15-6-2-1-3-7-15/h1-13H. The molecule has 4 heteroatoms. The van der Waals surface area contributed by atoms with Gasteiger partial charge in [0.05, 0.1) is 11.0 Å². The lowest BCUT2D eigenvalue weighted by Crippen LogP contribution is -2.13. The Balaban J connectivity index is 1.97. The molecule has 116 valence electrons. The second-order valence-electron chi connectivity index (χ2n) is 5.44. The molecule has 3 nitrogen and oxygen atoms in total. The SMILES string of the molecule is O=C(c1ccccc1)n1c(-c2ccc(F)cc2)nc2ccccc21. The molecule has 24 heavy (non-hydrogen) atoms. The van der Waals surface area contributed by atoms with Gasteiger partial charge in [-0.1, -0.05) is 30.3 Å². The van der Waals surface area contributed by atoms with Gasteiger partial charge in [0.2, 0.25) is 0 Å². The van der Waals surface area contributed by atoms with Crippen molar-refractivity contribution < 1.29 is 9.18 Å². The van der Waals surface area contributed by atoms with Gasteiger partial charge in [-0.25, -0.2) is 9.37 Å². The summed E-state index contributed by atoms with van der Waals surface area (Å²) in [4.78, 5) is 17.6. The molecule has 0 fully saturated rings. The molecule has 0 aliphatic heterocycles. The van der Waals surface area contributed by atoms with Gasteiger partial charge in [-0.05, 0) is 48.5 Å². The summed E-state index contributed by atoms with van der Waals surface area (Å²) in [6.45, 7) is 0. The number of carbonyl (C=O) groups is 1. The highest BCUT2D eigenvalue weighted by Gasteiger charge is 2.19. The third-order valence-corrected chi connectivity index (χ3v) is 3.89. The molecule has 0 bridgehead atoms. The summed E-state index contributed by atoms with van der Waals surface area (Å²) in [5.41, 5.74) is 2.72. The number of carbonyl (C=O) groups excluding carboxylic acids is 1. The van der Waals surface area contributed by atoms with E-state index >= 15 is 0 Å². The Bertz CT molecular complexity index is 1020. The van der Waals surface area contributed by atoms with Crippen LogP contribution in [-0.4, -0.2) is 15.5 Å². The normalized spacial score (nSPS) is 10.9. The first-order valence-corrected chi connectivity index (χ1v) is 7.57. The van der Waals surface area contributed by atoms with Gasteiger partial charge in [0.15, 0.2) is 0 Å². The van der Waals surface area contributed by atoms with E-state index in [-0.39, 0.29) is 11.7 Å². The minimum atomic E-state index is -0.323. The predicted octanol–water partition coefficient (Wildman–Crippen LogP) is 4.53. The monoisotopic (exact) mass is 316 g/mol. The average Bonchev–Trinajstić information content (AvgIpc) is 3.02. The van der Waals surface area contributed by atoms with Gasteiger partial charge in [-0.15, -0.1) is 0 Å². The van der Waals surface area contributed by atoms with Crippen molar-refractivity contribution in [3.63, 3.8) is 0 Å². The minimum absolute atomic E-state index is 0.163. The zero-order valence-corrected chi connectivity index (χ0v) is 12.7. The number of hydrogen-bond acceptors (Lipinski definition) is 2. The van der Waals surface area contributed by atoms with Gasteiger partial charge in [0.1, 0.15) is 11.6 Å². The third-order valence-electron chi connectivity index (χ3n) is 3.89. The van der Waals surface area contributed by atoms with Gasteiger partial charge in [-0.2, -0.15) is 0 Å². The minimum Gasteiger partial charge on any atom is -0.268 e. The maximum atomic E-state index is 13.2. The van der Waals surface area contributed by atoms with E-state index in [1.807, 2.05) is 42.5 Å². The molecule has 4 aromatic rings. The first kappa shape index (κ1) is 14.3. The van der Waals surface area contributed by atoms with Crippen LogP contribution in [0.25, 0.3) is 22.4 Å². The summed E-state index contributed by atoms with van der Waals surface area (Å²) in [6, 6.07) is 22.5. The lowest BCUT2D eigenvalue weighted by Gasteiger charge is -2.08. The lowest BCUT2D eigenvalue weighted by molar-refractivity contribution is 0.0966. The van der Waals surface area contributed by atoms with Crippen molar-refractivity contribution in [3.8, 4) is 11.4 Å². The molecule has 0 unspecified atom stereocenters. The molecule has 0 N–H and O–H groups in total. The van der Waals surface area contributed by atoms with Crippen molar-refractivity contribution in [2.45, 2.75) is 0 Å². The average molecular weight is 316 g/mol. The number of nitrogens with zero attached hydrogens (tertiary/aromatic N) is 2. The maximum absolute atomic E-state index is 13.2. The van der Waals surface area contributed by atoms with Gasteiger partial charge >= 0.3 is 0 Å². The van der Waals surface area contributed by atoms with Gasteiger partial charge in [0.25, 0.3) is 5.91 Å². The second-order valence-corrected chi connectivity index (χ2v) is 5.44. The van der Waals surface area contributed by atoms with Gasteiger partial charge in [0, 0.05) is 11.1 Å². The molecular weight excluding hydrogens is 303 g/mol. The highest BCUT2D eigenvalue weighted by Crippen LogP contribution is 2.26. The molecule has 0 aliphatic rings. The Morgan fingerprint density at radius 3 is 2.25 bits per heavy atom. The molecule has 0 amide bonds. The van der Waals surface area contributed by atoms with Crippen LogP contribution in [0.4, 0.5) is 4.39 Å². The van der Waals surface area contributed by atoms with Crippen LogP contribution in [0.2, 0.25) is 0 Å². The molecular formula is C20H13FN2O. The second kappa shape index (κ2) is 5.74. The Kier molecular flexibility index (Phi) is 3.43. The fourth-order valence-electron chi connectivity index (χ4n) is 2.73. The molecule has 1 heterocycles. The number of para-hydroxylation sites is 2. The Morgan fingerprint density at radius 2 is 1.50 bits per heavy atom. The number of halogens is 1. The number of hydrogen-bond donors (Lipinski definition) is 0. The van der Waals surface area contributed by atoms with E-state index in [0.29, 0.717) is 17.0 Å². The van der Waals surface area contributed by atoms with Crippen LogP contribution in [0, 0.1) is 5.82 Å².